The molecule has 0 heterocycles. The summed E-state index contributed by atoms with van der Waals surface area (Å²) in [6, 6.07) is 13.7. The van der Waals surface area contributed by atoms with E-state index in [0.717, 1.165) is 11.1 Å². The molecule has 2 N–H and O–H groups in total. The van der Waals surface area contributed by atoms with Gasteiger partial charge in [-0.1, -0.05) is 23.7 Å². The summed E-state index contributed by atoms with van der Waals surface area (Å²) in [6.07, 6.45) is 0.240. The summed E-state index contributed by atoms with van der Waals surface area (Å²) >= 11 is 5.79. The third-order valence-corrected chi connectivity index (χ3v) is 3.16. The molecule has 0 aliphatic rings. The summed E-state index contributed by atoms with van der Waals surface area (Å²) in [7, 11) is 0. The maximum absolute atomic E-state index is 11.8. The van der Waals surface area contributed by atoms with Crippen molar-refractivity contribution >= 4 is 23.2 Å². The molecule has 1 amide bonds. The number of nitrogens with zero attached hydrogens (tertiary/aromatic N) is 1. The van der Waals surface area contributed by atoms with Gasteiger partial charge in [-0.05, 0) is 54.4 Å². The zero-order chi connectivity index (χ0) is 15.2. The second-order valence-electron chi connectivity index (χ2n) is 4.58. The normalized spacial score (nSPS) is 11.2. The van der Waals surface area contributed by atoms with Gasteiger partial charge in [0.1, 0.15) is 5.75 Å². The molecule has 0 fully saturated rings. The molecule has 4 nitrogen and oxygen atoms in total. The molecular formula is C16H15ClN2O2. The van der Waals surface area contributed by atoms with E-state index >= 15 is 0 Å². The highest BCUT2D eigenvalue weighted by molar-refractivity contribution is 6.30. The summed E-state index contributed by atoms with van der Waals surface area (Å²) < 4.78 is 0. The second-order valence-corrected chi connectivity index (χ2v) is 5.02. The molecule has 21 heavy (non-hydrogen) atoms. The van der Waals surface area contributed by atoms with Crippen molar-refractivity contribution in [3.05, 3.63) is 64.7 Å². The van der Waals surface area contributed by atoms with E-state index in [1.54, 1.807) is 55.5 Å². The smallest absolute Gasteiger partial charge is 0.244 e. The van der Waals surface area contributed by atoms with E-state index < -0.39 is 0 Å². The van der Waals surface area contributed by atoms with Crippen LogP contribution in [0.3, 0.4) is 0 Å². The fourth-order valence-electron chi connectivity index (χ4n) is 1.74. The van der Waals surface area contributed by atoms with E-state index in [2.05, 4.69) is 10.5 Å². The number of hydrogen-bond acceptors (Lipinski definition) is 3. The second kappa shape index (κ2) is 6.90. The highest BCUT2D eigenvalue weighted by atomic mass is 35.5. The van der Waals surface area contributed by atoms with Gasteiger partial charge in [0.2, 0.25) is 5.91 Å². The average molecular weight is 303 g/mol. The van der Waals surface area contributed by atoms with Crippen LogP contribution < -0.4 is 5.43 Å². The van der Waals surface area contributed by atoms with Crippen LogP contribution in [0, 0.1) is 0 Å². The molecule has 2 aromatic rings. The standard InChI is InChI=1S/C16H15ClN2O2/c1-11(13-4-8-15(20)9-5-13)18-19-16(21)10-12-2-6-14(17)7-3-12/h2-9,20H,10H2,1H3,(H,19,21)/b18-11-. The molecule has 0 bridgehead atoms. The molecule has 0 saturated carbocycles. The van der Waals surface area contributed by atoms with Crippen molar-refractivity contribution < 1.29 is 9.90 Å². The summed E-state index contributed by atoms with van der Waals surface area (Å²) in [5.41, 5.74) is 4.88. The summed E-state index contributed by atoms with van der Waals surface area (Å²) in [5.74, 6) is -0.00576. The number of hydrogen-bond donors (Lipinski definition) is 2. The Morgan fingerprint density at radius 2 is 1.76 bits per heavy atom. The van der Waals surface area contributed by atoms with Gasteiger partial charge in [-0.3, -0.25) is 4.79 Å². The van der Waals surface area contributed by atoms with Gasteiger partial charge in [0, 0.05) is 5.02 Å². The van der Waals surface area contributed by atoms with E-state index in [1.165, 1.54) is 0 Å². The third kappa shape index (κ3) is 4.61. The molecular weight excluding hydrogens is 288 g/mol. The zero-order valence-corrected chi connectivity index (χ0v) is 12.3. The number of carbonyl (C=O) groups excluding carboxylic acids is 1. The molecule has 2 aromatic carbocycles. The van der Waals surface area contributed by atoms with Crippen molar-refractivity contribution in [2.75, 3.05) is 0 Å². The van der Waals surface area contributed by atoms with Crippen LogP contribution in [0.2, 0.25) is 5.02 Å². The number of phenolic OH excluding ortho intramolecular Hbond substituents is 1. The monoisotopic (exact) mass is 302 g/mol. The van der Waals surface area contributed by atoms with Crippen molar-refractivity contribution in [1.82, 2.24) is 5.43 Å². The Morgan fingerprint density at radius 3 is 2.38 bits per heavy atom. The first kappa shape index (κ1) is 15.1. The Bertz CT molecular complexity index is 649. The average Bonchev–Trinajstić information content (AvgIpc) is 2.48. The van der Waals surface area contributed by atoms with Crippen LogP contribution >= 0.6 is 11.6 Å². The zero-order valence-electron chi connectivity index (χ0n) is 11.5. The predicted molar refractivity (Wildman–Crippen MR) is 83.6 cm³/mol. The number of aromatic hydroxyl groups is 1. The van der Waals surface area contributed by atoms with Gasteiger partial charge in [0.15, 0.2) is 0 Å². The number of carbonyl (C=O) groups is 1. The van der Waals surface area contributed by atoms with Gasteiger partial charge in [-0.15, -0.1) is 0 Å². The molecule has 108 valence electrons. The van der Waals surface area contributed by atoms with Gasteiger partial charge in [-0.2, -0.15) is 5.10 Å². The Kier molecular flexibility index (Phi) is 4.95. The predicted octanol–water partition coefficient (Wildman–Crippen LogP) is 3.13. The summed E-state index contributed by atoms with van der Waals surface area (Å²) in [5, 5.41) is 13.9. The largest absolute Gasteiger partial charge is 0.508 e. The molecule has 0 aliphatic carbocycles. The van der Waals surface area contributed by atoms with Crippen molar-refractivity contribution in [2.24, 2.45) is 5.10 Å². The molecule has 0 aromatic heterocycles. The van der Waals surface area contributed by atoms with Crippen LogP contribution in [0.15, 0.2) is 53.6 Å². The maximum atomic E-state index is 11.8. The minimum absolute atomic E-state index is 0.193. The number of benzene rings is 2. The Morgan fingerprint density at radius 1 is 1.14 bits per heavy atom. The van der Waals surface area contributed by atoms with Gasteiger partial charge in [0.05, 0.1) is 12.1 Å². The lowest BCUT2D eigenvalue weighted by Crippen LogP contribution is -2.21. The molecule has 0 radical (unpaired) electrons. The summed E-state index contributed by atoms with van der Waals surface area (Å²) in [4.78, 5) is 11.8. The van der Waals surface area contributed by atoms with Crippen LogP contribution in [0.1, 0.15) is 18.1 Å². The Hall–Kier alpha value is -2.33. The summed E-state index contributed by atoms with van der Waals surface area (Å²) in [6.45, 7) is 1.79. The molecule has 0 saturated heterocycles. The van der Waals surface area contributed by atoms with Crippen LogP contribution in [0.4, 0.5) is 0 Å². The number of phenols is 1. The molecule has 0 aliphatic heterocycles. The number of amides is 1. The van der Waals surface area contributed by atoms with Crippen molar-refractivity contribution in [1.29, 1.82) is 0 Å². The van der Waals surface area contributed by atoms with Crippen LogP contribution in [0.25, 0.3) is 0 Å². The Balaban J connectivity index is 1.94. The van der Waals surface area contributed by atoms with E-state index in [-0.39, 0.29) is 18.1 Å². The van der Waals surface area contributed by atoms with Gasteiger partial charge < -0.3 is 5.11 Å². The lowest BCUT2D eigenvalue weighted by Gasteiger charge is -2.04. The van der Waals surface area contributed by atoms with Crippen LogP contribution in [-0.4, -0.2) is 16.7 Å². The van der Waals surface area contributed by atoms with Crippen LogP contribution in [0.5, 0.6) is 5.75 Å². The van der Waals surface area contributed by atoms with E-state index in [4.69, 9.17) is 11.6 Å². The van der Waals surface area contributed by atoms with Gasteiger partial charge in [0.25, 0.3) is 0 Å². The SMILES string of the molecule is C/C(=N/NC(=O)Cc1ccc(Cl)cc1)c1ccc(O)cc1. The first-order valence-electron chi connectivity index (χ1n) is 6.41. The van der Waals surface area contributed by atoms with Crippen molar-refractivity contribution in [2.45, 2.75) is 13.3 Å². The Labute approximate surface area is 128 Å². The van der Waals surface area contributed by atoms with Gasteiger partial charge in [-0.25, -0.2) is 5.43 Å². The third-order valence-electron chi connectivity index (χ3n) is 2.91. The molecule has 0 unspecified atom stereocenters. The molecule has 2 rings (SSSR count). The maximum Gasteiger partial charge on any atom is 0.244 e. The minimum atomic E-state index is -0.199. The molecule has 0 atom stereocenters. The van der Waals surface area contributed by atoms with E-state index in [0.29, 0.717) is 10.7 Å². The van der Waals surface area contributed by atoms with Gasteiger partial charge >= 0.3 is 0 Å². The van der Waals surface area contributed by atoms with Crippen LogP contribution in [-0.2, 0) is 11.2 Å². The first-order valence-corrected chi connectivity index (χ1v) is 6.79. The van der Waals surface area contributed by atoms with E-state index in [1.807, 2.05) is 0 Å². The highest BCUT2D eigenvalue weighted by Gasteiger charge is 2.03. The molecule has 5 heteroatoms. The minimum Gasteiger partial charge on any atom is -0.508 e. The van der Waals surface area contributed by atoms with E-state index in [9.17, 15) is 9.90 Å². The lowest BCUT2D eigenvalue weighted by molar-refractivity contribution is -0.120. The number of nitrogens with one attached hydrogen (secondary N) is 1. The fraction of sp³-hybridized carbons (Fsp3) is 0.125. The highest BCUT2D eigenvalue weighted by Crippen LogP contribution is 2.11. The number of halogens is 1. The lowest BCUT2D eigenvalue weighted by atomic mass is 10.1. The molecule has 0 spiro atoms. The quantitative estimate of drug-likeness (QED) is 0.673. The number of hydrazone groups is 1. The van der Waals surface area contributed by atoms with Crippen molar-refractivity contribution in [3.63, 3.8) is 0 Å². The van der Waals surface area contributed by atoms with Crippen molar-refractivity contribution in [3.8, 4) is 5.75 Å². The number of rotatable bonds is 4. The fourth-order valence-corrected chi connectivity index (χ4v) is 1.87. The first-order chi connectivity index (χ1) is 10.0. The topological polar surface area (TPSA) is 61.7 Å².